The molecule has 4 nitrogen and oxygen atoms in total. The summed E-state index contributed by atoms with van der Waals surface area (Å²) in [5.74, 6) is -0.232. The highest BCUT2D eigenvalue weighted by Crippen LogP contribution is 2.19. The Bertz CT molecular complexity index is 493. The molecule has 1 atom stereocenters. The fourth-order valence-electron chi connectivity index (χ4n) is 2.96. The Labute approximate surface area is 127 Å². The molecule has 4 heteroatoms. The van der Waals surface area contributed by atoms with Crippen LogP contribution in [-0.4, -0.2) is 36.5 Å². The van der Waals surface area contributed by atoms with E-state index in [0.717, 1.165) is 25.9 Å². The van der Waals surface area contributed by atoms with E-state index in [2.05, 4.69) is 49.2 Å². The number of benzene rings is 1. The van der Waals surface area contributed by atoms with Gasteiger partial charge >= 0.3 is 0 Å². The van der Waals surface area contributed by atoms with Crippen molar-refractivity contribution in [3.05, 3.63) is 34.9 Å². The van der Waals surface area contributed by atoms with E-state index in [9.17, 15) is 4.79 Å². The van der Waals surface area contributed by atoms with Gasteiger partial charge in [-0.3, -0.25) is 9.69 Å². The second-order valence-corrected chi connectivity index (χ2v) is 6.25. The average molecular weight is 289 g/mol. The van der Waals surface area contributed by atoms with Gasteiger partial charge in [0, 0.05) is 25.2 Å². The molecule has 1 aliphatic rings. The number of hydrogen-bond acceptors (Lipinski definition) is 3. The Balaban J connectivity index is 1.85. The molecule has 1 saturated heterocycles. The zero-order valence-corrected chi connectivity index (χ0v) is 13.4. The number of nitrogens with zero attached hydrogens (tertiary/aromatic N) is 1. The maximum atomic E-state index is 10.9. The first-order valence-corrected chi connectivity index (χ1v) is 7.79. The minimum Gasteiger partial charge on any atom is -0.369 e. The number of hydrogen-bond donors (Lipinski definition) is 2. The highest BCUT2D eigenvalue weighted by molar-refractivity contribution is 5.75. The molecule has 0 bridgehead atoms. The largest absolute Gasteiger partial charge is 0.369 e. The van der Waals surface area contributed by atoms with Crippen LogP contribution in [0.2, 0.25) is 0 Å². The van der Waals surface area contributed by atoms with Gasteiger partial charge in [-0.25, -0.2) is 0 Å². The normalized spacial score (nSPS) is 18.6. The van der Waals surface area contributed by atoms with Crippen LogP contribution >= 0.6 is 0 Å². The molecule has 2 rings (SSSR count). The van der Waals surface area contributed by atoms with Crippen molar-refractivity contribution < 1.29 is 4.79 Å². The number of primary amides is 1. The van der Waals surface area contributed by atoms with Crippen molar-refractivity contribution in [2.45, 2.75) is 45.7 Å². The van der Waals surface area contributed by atoms with Crippen LogP contribution in [0.15, 0.2) is 18.2 Å². The summed E-state index contributed by atoms with van der Waals surface area (Å²) in [5, 5.41) is 3.71. The van der Waals surface area contributed by atoms with Gasteiger partial charge in [-0.2, -0.15) is 0 Å². The van der Waals surface area contributed by atoms with E-state index in [1.54, 1.807) is 0 Å². The highest BCUT2D eigenvalue weighted by Gasteiger charge is 2.21. The van der Waals surface area contributed by atoms with Crippen LogP contribution in [-0.2, 0) is 4.79 Å². The lowest BCUT2D eigenvalue weighted by atomic mass is 9.99. The summed E-state index contributed by atoms with van der Waals surface area (Å²) < 4.78 is 0. The van der Waals surface area contributed by atoms with Crippen molar-refractivity contribution in [1.29, 1.82) is 0 Å². The summed E-state index contributed by atoms with van der Waals surface area (Å²) >= 11 is 0. The molecule has 3 N–H and O–H groups in total. The van der Waals surface area contributed by atoms with Crippen molar-refractivity contribution in [3.8, 4) is 0 Å². The molecule has 1 aliphatic heterocycles. The Morgan fingerprint density at radius 3 is 2.57 bits per heavy atom. The van der Waals surface area contributed by atoms with Gasteiger partial charge in [-0.05, 0) is 50.3 Å². The van der Waals surface area contributed by atoms with Crippen molar-refractivity contribution >= 4 is 5.91 Å². The summed E-state index contributed by atoms with van der Waals surface area (Å²) in [6, 6.07) is 7.55. The van der Waals surface area contributed by atoms with Crippen LogP contribution in [0, 0.1) is 13.8 Å². The Morgan fingerprint density at radius 1 is 1.33 bits per heavy atom. The highest BCUT2D eigenvalue weighted by atomic mass is 16.1. The number of rotatable bonds is 5. The Morgan fingerprint density at radius 2 is 2.00 bits per heavy atom. The molecule has 116 valence electrons. The molecule has 21 heavy (non-hydrogen) atoms. The van der Waals surface area contributed by atoms with Crippen LogP contribution in [0.25, 0.3) is 0 Å². The van der Waals surface area contributed by atoms with Gasteiger partial charge in [-0.1, -0.05) is 18.2 Å². The number of nitrogens with one attached hydrogen (secondary N) is 1. The second-order valence-electron chi connectivity index (χ2n) is 6.25. The third-order valence-electron chi connectivity index (χ3n) is 4.48. The van der Waals surface area contributed by atoms with Crippen molar-refractivity contribution in [3.63, 3.8) is 0 Å². The smallest absolute Gasteiger partial charge is 0.231 e. The number of nitrogens with two attached hydrogens (primary N) is 1. The molecular formula is C17H27N3O. The first-order valence-electron chi connectivity index (χ1n) is 7.79. The third-order valence-corrected chi connectivity index (χ3v) is 4.48. The minimum absolute atomic E-state index is 0.232. The predicted molar refractivity (Wildman–Crippen MR) is 86.1 cm³/mol. The first kappa shape index (κ1) is 16.0. The van der Waals surface area contributed by atoms with E-state index < -0.39 is 0 Å². The lowest BCUT2D eigenvalue weighted by Gasteiger charge is -2.33. The number of carbonyl (C=O) groups is 1. The van der Waals surface area contributed by atoms with E-state index in [4.69, 9.17) is 5.73 Å². The lowest BCUT2D eigenvalue weighted by Crippen LogP contribution is -2.45. The minimum atomic E-state index is -0.232. The van der Waals surface area contributed by atoms with Crippen molar-refractivity contribution in [2.75, 3.05) is 19.6 Å². The topological polar surface area (TPSA) is 58.4 Å². The molecule has 0 spiro atoms. The number of carbonyl (C=O) groups excluding carboxylic acids is 1. The molecule has 0 aliphatic carbocycles. The third kappa shape index (κ3) is 4.55. The standard InChI is InChI=1S/C17H27N3O/c1-12-4-5-15(10-13(12)2)14(3)19-16-6-8-20(9-7-16)11-17(18)21/h4-5,10,14,16,19H,6-9,11H2,1-3H3,(H2,18,21). The average Bonchev–Trinajstić information content (AvgIpc) is 2.43. The molecule has 0 aromatic heterocycles. The first-order chi connectivity index (χ1) is 9.95. The monoisotopic (exact) mass is 289 g/mol. The fourth-order valence-corrected chi connectivity index (χ4v) is 2.96. The zero-order valence-electron chi connectivity index (χ0n) is 13.4. The lowest BCUT2D eigenvalue weighted by molar-refractivity contribution is -0.119. The van der Waals surface area contributed by atoms with E-state index in [-0.39, 0.29) is 5.91 Å². The quantitative estimate of drug-likeness (QED) is 0.870. The van der Waals surface area contributed by atoms with Crippen LogP contribution in [0.5, 0.6) is 0 Å². The Hall–Kier alpha value is -1.39. The van der Waals surface area contributed by atoms with E-state index in [1.807, 2.05) is 0 Å². The van der Waals surface area contributed by atoms with E-state index in [0.29, 0.717) is 18.6 Å². The second kappa shape index (κ2) is 7.05. The van der Waals surface area contributed by atoms with Gasteiger partial charge in [0.15, 0.2) is 0 Å². The summed E-state index contributed by atoms with van der Waals surface area (Å²) in [5.41, 5.74) is 9.27. The molecular weight excluding hydrogens is 262 g/mol. The van der Waals surface area contributed by atoms with Gasteiger partial charge in [0.25, 0.3) is 0 Å². The predicted octanol–water partition coefficient (Wildman–Crippen LogP) is 1.90. The van der Waals surface area contributed by atoms with Gasteiger partial charge < -0.3 is 11.1 Å². The molecule has 1 fully saturated rings. The van der Waals surface area contributed by atoms with E-state index >= 15 is 0 Å². The molecule has 0 radical (unpaired) electrons. The van der Waals surface area contributed by atoms with Crippen molar-refractivity contribution in [2.24, 2.45) is 5.73 Å². The van der Waals surface area contributed by atoms with Gasteiger partial charge in [-0.15, -0.1) is 0 Å². The SMILES string of the molecule is Cc1ccc(C(C)NC2CCN(CC(N)=O)CC2)cc1C. The van der Waals surface area contributed by atoms with E-state index in [1.165, 1.54) is 16.7 Å². The zero-order chi connectivity index (χ0) is 15.4. The maximum absolute atomic E-state index is 10.9. The molecule has 1 unspecified atom stereocenters. The molecule has 1 amide bonds. The summed E-state index contributed by atoms with van der Waals surface area (Å²) in [6.07, 6.45) is 2.14. The van der Waals surface area contributed by atoms with Gasteiger partial charge in [0.2, 0.25) is 5.91 Å². The molecule has 1 heterocycles. The summed E-state index contributed by atoms with van der Waals surface area (Å²) in [7, 11) is 0. The molecule has 1 aromatic rings. The molecule has 1 aromatic carbocycles. The van der Waals surface area contributed by atoms with Gasteiger partial charge in [0.1, 0.15) is 0 Å². The molecule has 0 saturated carbocycles. The van der Waals surface area contributed by atoms with Crippen molar-refractivity contribution in [1.82, 2.24) is 10.2 Å². The number of aryl methyl sites for hydroxylation is 2. The Kier molecular flexibility index (Phi) is 5.37. The maximum Gasteiger partial charge on any atom is 0.231 e. The van der Waals surface area contributed by atoms with Crippen LogP contribution < -0.4 is 11.1 Å². The number of likely N-dealkylation sites (tertiary alicyclic amines) is 1. The van der Waals surface area contributed by atoms with Crippen LogP contribution in [0.3, 0.4) is 0 Å². The van der Waals surface area contributed by atoms with Gasteiger partial charge in [0.05, 0.1) is 6.54 Å². The fraction of sp³-hybridized carbons (Fsp3) is 0.588. The number of piperidine rings is 1. The summed E-state index contributed by atoms with van der Waals surface area (Å²) in [4.78, 5) is 13.1. The number of amides is 1. The van der Waals surface area contributed by atoms with Crippen LogP contribution in [0.4, 0.5) is 0 Å². The van der Waals surface area contributed by atoms with Crippen LogP contribution in [0.1, 0.15) is 42.5 Å². The summed E-state index contributed by atoms with van der Waals surface area (Å²) in [6.45, 7) is 8.80.